The maximum absolute atomic E-state index is 11.8. The van der Waals surface area contributed by atoms with Gasteiger partial charge < -0.3 is 5.32 Å². The molecule has 2 amide bonds. The fraction of sp³-hybridized carbons (Fsp3) is 0.769. The van der Waals surface area contributed by atoms with Crippen LogP contribution in [-0.4, -0.2) is 46.8 Å². The van der Waals surface area contributed by atoms with E-state index in [0.717, 1.165) is 16.8 Å². The quantitative estimate of drug-likeness (QED) is 0.728. The summed E-state index contributed by atoms with van der Waals surface area (Å²) in [6.45, 7) is 0. The molecule has 104 valence electrons. The van der Waals surface area contributed by atoms with Crippen LogP contribution >= 0.6 is 11.8 Å². The van der Waals surface area contributed by atoms with Gasteiger partial charge in [-0.1, -0.05) is 24.6 Å². The number of likely N-dealkylation sites (N-methyl/N-ethyl adjacent to an activating group) is 1. The Hall–Kier alpha value is -1.04. The number of hydrogen-bond donors (Lipinski definition) is 1. The zero-order valence-electron chi connectivity index (χ0n) is 11.1. The first-order valence-corrected chi connectivity index (χ1v) is 7.91. The van der Waals surface area contributed by atoms with Gasteiger partial charge in [0.2, 0.25) is 5.91 Å². The third-order valence-electron chi connectivity index (χ3n) is 4.28. The fourth-order valence-electron chi connectivity index (χ4n) is 3.04. The van der Waals surface area contributed by atoms with Gasteiger partial charge in [-0.3, -0.25) is 14.5 Å². The Labute approximate surface area is 117 Å². The zero-order chi connectivity index (χ0) is 13.4. The third-order valence-corrected chi connectivity index (χ3v) is 5.37. The first-order chi connectivity index (χ1) is 9.15. The van der Waals surface area contributed by atoms with Gasteiger partial charge in [-0.25, -0.2) is 4.99 Å². The number of carbonyl (C=O) groups excluding carboxylic acids is 2. The second-order valence-corrected chi connectivity index (χ2v) is 6.56. The summed E-state index contributed by atoms with van der Waals surface area (Å²) in [5, 5.41) is 4.31. The van der Waals surface area contributed by atoms with Crippen LogP contribution in [0.2, 0.25) is 0 Å². The van der Waals surface area contributed by atoms with Crippen LogP contribution in [0.4, 0.5) is 0 Å². The molecule has 0 aromatic heterocycles. The van der Waals surface area contributed by atoms with Gasteiger partial charge in [-0.15, -0.1) is 0 Å². The Morgan fingerprint density at radius 2 is 2.11 bits per heavy atom. The number of amides is 2. The molecule has 0 spiro atoms. The van der Waals surface area contributed by atoms with Crippen LogP contribution in [0.3, 0.4) is 0 Å². The summed E-state index contributed by atoms with van der Waals surface area (Å²) in [7, 11) is 1.53. The summed E-state index contributed by atoms with van der Waals surface area (Å²) in [6.07, 6.45) is 5.31. The van der Waals surface area contributed by atoms with E-state index in [2.05, 4.69) is 10.3 Å². The van der Waals surface area contributed by atoms with E-state index in [0.29, 0.717) is 6.04 Å². The second-order valence-electron chi connectivity index (χ2n) is 5.55. The van der Waals surface area contributed by atoms with Gasteiger partial charge in [-0.2, -0.15) is 0 Å². The van der Waals surface area contributed by atoms with E-state index in [9.17, 15) is 9.59 Å². The van der Waals surface area contributed by atoms with E-state index in [1.54, 1.807) is 11.8 Å². The van der Waals surface area contributed by atoms with Gasteiger partial charge in [0.25, 0.3) is 5.91 Å². The van der Waals surface area contributed by atoms with Crippen LogP contribution in [-0.2, 0) is 9.59 Å². The Morgan fingerprint density at radius 1 is 1.32 bits per heavy atom. The van der Waals surface area contributed by atoms with E-state index in [1.807, 2.05) is 0 Å². The topological polar surface area (TPSA) is 61.8 Å². The summed E-state index contributed by atoms with van der Waals surface area (Å²) in [5.74, 6) is 1.52. The first kappa shape index (κ1) is 13.0. The summed E-state index contributed by atoms with van der Waals surface area (Å²) >= 11 is 1.70. The van der Waals surface area contributed by atoms with Gasteiger partial charge in [-0.05, 0) is 18.8 Å². The number of thioether (sulfide) groups is 1. The minimum absolute atomic E-state index is 0.129. The number of rotatable bonds is 1. The molecule has 1 N–H and O–H groups in total. The molecule has 0 radical (unpaired) electrons. The Balaban J connectivity index is 1.68. The normalized spacial score (nSPS) is 37.4. The predicted molar refractivity (Wildman–Crippen MR) is 75.0 cm³/mol. The number of amidine groups is 1. The Kier molecular flexibility index (Phi) is 3.52. The summed E-state index contributed by atoms with van der Waals surface area (Å²) in [4.78, 5) is 29.0. The summed E-state index contributed by atoms with van der Waals surface area (Å²) in [5.41, 5.74) is 0. The molecular formula is C13H19N3O2S. The highest BCUT2D eigenvalue weighted by Gasteiger charge is 2.37. The number of nitrogens with zero attached hydrogens (tertiary/aromatic N) is 2. The minimum Gasteiger partial charge on any atom is -0.362 e. The SMILES string of the molecule is CN1C(=O)CC(N=C2NC3CCCCC3CS2)C1=O. The van der Waals surface area contributed by atoms with Crippen molar-refractivity contribution >= 4 is 28.7 Å². The van der Waals surface area contributed by atoms with E-state index >= 15 is 0 Å². The van der Waals surface area contributed by atoms with Gasteiger partial charge in [0.1, 0.15) is 6.04 Å². The number of hydrogen-bond acceptors (Lipinski definition) is 4. The van der Waals surface area contributed by atoms with E-state index in [-0.39, 0.29) is 18.2 Å². The molecule has 2 heterocycles. The lowest BCUT2D eigenvalue weighted by atomic mass is 9.86. The minimum atomic E-state index is -0.507. The molecule has 6 heteroatoms. The number of aliphatic imine (C=N–C) groups is 1. The van der Waals surface area contributed by atoms with Crippen molar-refractivity contribution in [2.75, 3.05) is 12.8 Å². The second kappa shape index (κ2) is 5.15. The van der Waals surface area contributed by atoms with E-state index in [1.165, 1.54) is 37.6 Å². The number of imide groups is 1. The van der Waals surface area contributed by atoms with Crippen LogP contribution in [0.5, 0.6) is 0 Å². The highest BCUT2D eigenvalue weighted by molar-refractivity contribution is 8.13. The molecule has 0 aromatic rings. The third kappa shape index (κ3) is 2.50. The zero-order valence-corrected chi connectivity index (χ0v) is 11.9. The summed E-state index contributed by atoms with van der Waals surface area (Å²) < 4.78 is 0. The molecular weight excluding hydrogens is 262 g/mol. The monoisotopic (exact) mass is 281 g/mol. The predicted octanol–water partition coefficient (Wildman–Crippen LogP) is 0.995. The average molecular weight is 281 g/mol. The molecule has 0 aromatic carbocycles. The molecule has 3 fully saturated rings. The van der Waals surface area contributed by atoms with Crippen LogP contribution in [0.1, 0.15) is 32.1 Å². The Bertz CT molecular complexity index is 438. The molecule has 0 bridgehead atoms. The standard InChI is InChI=1S/C13H19N3O2S/c1-16-11(17)6-10(12(16)18)15-13-14-9-5-3-2-4-8(9)7-19-13/h8-10H,2-7H2,1H3,(H,14,15). The summed E-state index contributed by atoms with van der Waals surface area (Å²) in [6, 6.07) is 0.00586. The molecule has 3 atom stereocenters. The van der Waals surface area contributed by atoms with Crippen molar-refractivity contribution in [1.82, 2.24) is 10.2 Å². The number of nitrogens with one attached hydrogen (secondary N) is 1. The van der Waals surface area contributed by atoms with Crippen molar-refractivity contribution in [3.8, 4) is 0 Å². The smallest absolute Gasteiger partial charge is 0.254 e. The van der Waals surface area contributed by atoms with Crippen molar-refractivity contribution in [3.63, 3.8) is 0 Å². The lowest BCUT2D eigenvalue weighted by Crippen LogP contribution is -2.46. The number of fused-ring (bicyclic) bond motifs is 1. The molecule has 1 aliphatic carbocycles. The van der Waals surface area contributed by atoms with Gasteiger partial charge in [0, 0.05) is 18.8 Å². The molecule has 2 saturated heterocycles. The van der Waals surface area contributed by atoms with E-state index in [4.69, 9.17) is 0 Å². The van der Waals surface area contributed by atoms with Crippen molar-refractivity contribution in [3.05, 3.63) is 0 Å². The van der Waals surface area contributed by atoms with Crippen LogP contribution < -0.4 is 5.32 Å². The van der Waals surface area contributed by atoms with E-state index < -0.39 is 6.04 Å². The maximum Gasteiger partial charge on any atom is 0.254 e. The number of likely N-dealkylation sites (tertiary alicyclic amines) is 1. The van der Waals surface area contributed by atoms with Gasteiger partial charge in [0.15, 0.2) is 5.17 Å². The van der Waals surface area contributed by atoms with Gasteiger partial charge in [0.05, 0.1) is 6.42 Å². The first-order valence-electron chi connectivity index (χ1n) is 6.92. The highest BCUT2D eigenvalue weighted by Crippen LogP contribution is 2.32. The van der Waals surface area contributed by atoms with Crippen LogP contribution in [0, 0.1) is 5.92 Å². The molecule has 1 saturated carbocycles. The number of carbonyl (C=O) groups is 2. The lowest BCUT2D eigenvalue weighted by Gasteiger charge is -2.37. The lowest BCUT2D eigenvalue weighted by molar-refractivity contribution is -0.136. The molecule has 19 heavy (non-hydrogen) atoms. The molecule has 3 rings (SSSR count). The van der Waals surface area contributed by atoms with Crippen molar-refractivity contribution in [2.24, 2.45) is 10.9 Å². The van der Waals surface area contributed by atoms with Crippen molar-refractivity contribution in [1.29, 1.82) is 0 Å². The van der Waals surface area contributed by atoms with Crippen molar-refractivity contribution < 1.29 is 9.59 Å². The highest BCUT2D eigenvalue weighted by atomic mass is 32.2. The average Bonchev–Trinajstić information content (AvgIpc) is 2.66. The Morgan fingerprint density at radius 3 is 2.84 bits per heavy atom. The maximum atomic E-state index is 11.8. The van der Waals surface area contributed by atoms with Crippen molar-refractivity contribution in [2.45, 2.75) is 44.2 Å². The largest absolute Gasteiger partial charge is 0.362 e. The molecule has 5 nitrogen and oxygen atoms in total. The molecule has 3 unspecified atom stereocenters. The van der Waals surface area contributed by atoms with Crippen LogP contribution in [0.15, 0.2) is 4.99 Å². The molecule has 2 aliphatic heterocycles. The van der Waals surface area contributed by atoms with Crippen LogP contribution in [0.25, 0.3) is 0 Å². The fourth-order valence-corrected chi connectivity index (χ4v) is 4.24. The van der Waals surface area contributed by atoms with Gasteiger partial charge >= 0.3 is 0 Å². The molecule has 3 aliphatic rings.